The number of carbonyl (C=O) groups excluding carboxylic acids is 4. The molecule has 0 aromatic heterocycles. The van der Waals surface area contributed by atoms with Gasteiger partial charge in [0.05, 0.1) is 25.3 Å². The largest absolute Gasteiger partial charge is 0.495 e. The summed E-state index contributed by atoms with van der Waals surface area (Å²) in [6.07, 6.45) is 0.878. The zero-order valence-corrected chi connectivity index (χ0v) is 32.8. The standard InChI is InChI=1S/C40H49ClN2O11/c1-22-11-10-12-31(50-9)40(48)21-30(51-37(47)42-40)23(2)35-39(6,54-35)32(20-33(45)43(7)28-18-25(17-22)19-29(49-8)34(28)41)52-36(46)38(4,5)53-27-15-13-26(14-16-27)24(3)44/h10-16,18-19,23,30-32,35,48H,17,20-21H2,1-9H3,(H,42,47)/b12-10+,22-11+/t23-,30+,31-,32+,35+,39+,40+/m1/s1. The summed E-state index contributed by atoms with van der Waals surface area (Å²) in [5, 5.41) is 14.5. The lowest BCUT2D eigenvalue weighted by Crippen LogP contribution is -2.63. The van der Waals surface area contributed by atoms with Gasteiger partial charge in [-0.25, -0.2) is 9.59 Å². The number of nitrogens with one attached hydrogen (secondary N) is 1. The Kier molecular flexibility index (Phi) is 11.9. The number of Topliss-reactive ketones (excluding diaryl/α,β-unsaturated/α-hetero) is 1. The van der Waals surface area contributed by atoms with Crippen LogP contribution in [0.15, 0.2) is 60.2 Å². The van der Waals surface area contributed by atoms with Gasteiger partial charge in [-0.3, -0.25) is 14.9 Å². The molecule has 2 aromatic carbocycles. The van der Waals surface area contributed by atoms with E-state index in [1.165, 1.54) is 39.9 Å². The molecule has 0 unspecified atom stereocenters. The number of hydrogen-bond acceptors (Lipinski definition) is 11. The van der Waals surface area contributed by atoms with Crippen LogP contribution in [0.3, 0.4) is 0 Å². The maximum Gasteiger partial charge on any atom is 0.409 e. The molecule has 3 aliphatic heterocycles. The lowest BCUT2D eigenvalue weighted by Gasteiger charge is -2.42. The molecule has 4 bridgehead atoms. The molecule has 13 nitrogen and oxygen atoms in total. The van der Waals surface area contributed by atoms with E-state index in [4.69, 9.17) is 40.0 Å². The monoisotopic (exact) mass is 768 g/mol. The summed E-state index contributed by atoms with van der Waals surface area (Å²) in [4.78, 5) is 54.2. The zero-order valence-electron chi connectivity index (χ0n) is 32.1. The van der Waals surface area contributed by atoms with Crippen molar-refractivity contribution in [2.45, 2.75) is 102 Å². The number of rotatable bonds is 7. The van der Waals surface area contributed by atoms with E-state index in [1.54, 1.807) is 69.4 Å². The number of fused-ring (bicyclic) bond motifs is 5. The van der Waals surface area contributed by atoms with Gasteiger partial charge < -0.3 is 38.4 Å². The molecule has 14 heteroatoms. The number of benzene rings is 2. The van der Waals surface area contributed by atoms with Crippen LogP contribution in [0, 0.1) is 5.92 Å². The van der Waals surface area contributed by atoms with Crippen LogP contribution in [0.2, 0.25) is 5.02 Å². The van der Waals surface area contributed by atoms with Gasteiger partial charge in [0.2, 0.25) is 5.91 Å². The minimum atomic E-state index is -1.83. The fourth-order valence-corrected chi connectivity index (χ4v) is 7.28. The van der Waals surface area contributed by atoms with Crippen molar-refractivity contribution >= 4 is 41.0 Å². The fraction of sp³-hybridized carbons (Fsp3) is 0.500. The molecule has 292 valence electrons. The molecule has 3 aliphatic rings. The number of amides is 2. The number of esters is 1. The van der Waals surface area contributed by atoms with Gasteiger partial charge in [-0.15, -0.1) is 0 Å². The van der Waals surface area contributed by atoms with Crippen LogP contribution >= 0.6 is 11.6 Å². The second-order valence-corrected chi connectivity index (χ2v) is 15.3. The SMILES string of the molecule is COc1cc2cc(c1Cl)N(C)C(=O)C[C@H](OC(=O)C(C)(C)Oc1ccc(C(C)=O)cc1)[C@]1(C)O[C@H]1[C@H](C)[C@@H]1C[C@@](O)(NC(=O)O1)[C@H](OC)/C=C/C=C(\C)C2. The number of methoxy groups -OCH3 is 2. The van der Waals surface area contributed by atoms with E-state index in [-0.39, 0.29) is 23.6 Å². The number of anilines is 1. The van der Waals surface area contributed by atoms with Crippen molar-refractivity contribution in [2.75, 3.05) is 26.2 Å². The van der Waals surface area contributed by atoms with Crippen LogP contribution in [0.4, 0.5) is 10.5 Å². The highest BCUT2D eigenvalue weighted by molar-refractivity contribution is 6.35. The summed E-state index contributed by atoms with van der Waals surface area (Å²) >= 11 is 6.77. The quantitative estimate of drug-likeness (QED) is 0.201. The number of aliphatic hydroxyl groups is 1. The first-order valence-corrected chi connectivity index (χ1v) is 18.1. The Morgan fingerprint density at radius 1 is 1.13 bits per heavy atom. The highest BCUT2D eigenvalue weighted by Crippen LogP contribution is 2.49. The van der Waals surface area contributed by atoms with Crippen LogP contribution in [0.25, 0.3) is 0 Å². The molecule has 2 fully saturated rings. The third-order valence-electron chi connectivity index (χ3n) is 10.3. The van der Waals surface area contributed by atoms with Gasteiger partial charge in [-0.1, -0.05) is 42.3 Å². The van der Waals surface area contributed by atoms with Crippen molar-refractivity contribution in [1.29, 1.82) is 0 Å². The Hall–Kier alpha value is -4.43. The minimum Gasteiger partial charge on any atom is -0.495 e. The maximum absolute atomic E-state index is 14.2. The van der Waals surface area contributed by atoms with E-state index >= 15 is 0 Å². The predicted molar refractivity (Wildman–Crippen MR) is 200 cm³/mol. The van der Waals surface area contributed by atoms with Crippen molar-refractivity contribution in [3.8, 4) is 11.5 Å². The first-order valence-electron chi connectivity index (χ1n) is 17.7. The number of allylic oxidation sites excluding steroid dienone is 3. The van der Waals surface area contributed by atoms with Gasteiger partial charge in [0.1, 0.15) is 40.4 Å². The molecular formula is C40H49ClN2O11. The molecular weight excluding hydrogens is 720 g/mol. The van der Waals surface area contributed by atoms with Gasteiger partial charge in [0.15, 0.2) is 17.1 Å². The Morgan fingerprint density at radius 2 is 1.81 bits per heavy atom. The normalized spacial score (nSPS) is 30.5. The molecule has 2 amide bonds. The maximum atomic E-state index is 14.2. The summed E-state index contributed by atoms with van der Waals surface area (Å²) in [5.74, 6) is -1.16. The molecule has 0 spiro atoms. The van der Waals surface area contributed by atoms with Crippen LogP contribution in [0.1, 0.15) is 70.3 Å². The van der Waals surface area contributed by atoms with Gasteiger partial charge in [-0.2, -0.15) is 0 Å². The van der Waals surface area contributed by atoms with E-state index in [0.717, 1.165) is 11.1 Å². The number of ether oxygens (including phenoxy) is 6. The van der Waals surface area contributed by atoms with Gasteiger partial charge in [-0.05, 0) is 83.0 Å². The predicted octanol–water partition coefficient (Wildman–Crippen LogP) is 5.73. The first-order chi connectivity index (χ1) is 25.3. The number of epoxide rings is 1. The second-order valence-electron chi connectivity index (χ2n) is 14.9. The van der Waals surface area contributed by atoms with Gasteiger partial charge in [0.25, 0.3) is 0 Å². The van der Waals surface area contributed by atoms with Crippen molar-refractivity contribution in [3.05, 3.63) is 76.3 Å². The number of carbonyl (C=O) groups is 4. The summed E-state index contributed by atoms with van der Waals surface area (Å²) in [6.45, 7) is 9.96. The summed E-state index contributed by atoms with van der Waals surface area (Å²) in [5.41, 5.74) is -1.99. The molecule has 0 saturated carbocycles. The first kappa shape index (κ1) is 40.7. The second kappa shape index (κ2) is 15.7. The Morgan fingerprint density at radius 3 is 2.44 bits per heavy atom. The van der Waals surface area contributed by atoms with E-state index in [0.29, 0.717) is 29.2 Å². The minimum absolute atomic E-state index is 0.0546. The van der Waals surface area contributed by atoms with Crippen molar-refractivity contribution in [2.24, 2.45) is 5.92 Å². The number of ketones is 1. The third-order valence-corrected chi connectivity index (χ3v) is 10.7. The van der Waals surface area contributed by atoms with Gasteiger partial charge >= 0.3 is 12.1 Å². The molecule has 2 aromatic rings. The molecule has 54 heavy (non-hydrogen) atoms. The number of halogens is 1. The lowest BCUT2D eigenvalue weighted by atomic mass is 9.83. The van der Waals surface area contributed by atoms with Crippen LogP contribution in [-0.4, -0.2) is 91.5 Å². The molecule has 0 radical (unpaired) electrons. The Bertz CT molecular complexity index is 1840. The zero-order chi connectivity index (χ0) is 39.7. The molecule has 7 atom stereocenters. The van der Waals surface area contributed by atoms with Gasteiger partial charge in [0, 0.05) is 32.1 Å². The Balaban J connectivity index is 1.53. The average Bonchev–Trinajstić information content (AvgIpc) is 3.81. The van der Waals surface area contributed by atoms with E-state index in [9.17, 15) is 24.3 Å². The molecule has 0 aliphatic carbocycles. The van der Waals surface area contributed by atoms with E-state index in [2.05, 4.69) is 5.32 Å². The van der Waals surface area contributed by atoms with Crippen molar-refractivity contribution in [3.63, 3.8) is 0 Å². The molecule has 5 rings (SSSR count). The lowest BCUT2D eigenvalue weighted by molar-refractivity contribution is -0.169. The fourth-order valence-electron chi connectivity index (χ4n) is 6.97. The molecule has 2 saturated heterocycles. The third kappa shape index (κ3) is 8.59. The number of hydrogen-bond donors (Lipinski definition) is 2. The van der Waals surface area contributed by atoms with Crippen LogP contribution in [-0.2, 0) is 35.0 Å². The summed E-state index contributed by atoms with van der Waals surface area (Å²) in [6, 6.07) is 9.94. The number of nitrogens with zero attached hydrogens (tertiary/aromatic N) is 1. The number of alkyl carbamates (subject to hydrolysis) is 1. The van der Waals surface area contributed by atoms with Crippen molar-refractivity contribution in [1.82, 2.24) is 5.32 Å². The Labute approximate surface area is 320 Å². The summed E-state index contributed by atoms with van der Waals surface area (Å²) < 4.78 is 35.3. The smallest absolute Gasteiger partial charge is 0.409 e. The van der Waals surface area contributed by atoms with Crippen molar-refractivity contribution < 1.29 is 52.7 Å². The molecule has 3 heterocycles. The highest BCUT2D eigenvalue weighted by atomic mass is 35.5. The molecule has 2 N–H and O–H groups in total. The van der Waals surface area contributed by atoms with Crippen LogP contribution in [0.5, 0.6) is 11.5 Å². The van der Waals surface area contributed by atoms with E-state index < -0.39 is 65.2 Å². The highest BCUT2D eigenvalue weighted by Gasteiger charge is 2.64. The van der Waals surface area contributed by atoms with Crippen LogP contribution < -0.4 is 19.7 Å². The topological polar surface area (TPSA) is 162 Å². The average molecular weight is 769 g/mol. The van der Waals surface area contributed by atoms with E-state index in [1.807, 2.05) is 13.0 Å². The summed E-state index contributed by atoms with van der Waals surface area (Å²) in [7, 11) is 4.50.